The van der Waals surface area contributed by atoms with E-state index in [-0.39, 0.29) is 42.0 Å². The molecule has 9 nitrogen and oxygen atoms in total. The summed E-state index contributed by atoms with van der Waals surface area (Å²) in [6, 6.07) is 2.96. The lowest BCUT2D eigenvalue weighted by atomic mass is 10.1. The summed E-state index contributed by atoms with van der Waals surface area (Å²) in [7, 11) is 0. The van der Waals surface area contributed by atoms with Gasteiger partial charge < -0.3 is 10.2 Å². The largest absolute Gasteiger partial charge is 0.348 e. The molecule has 0 aromatic carbocycles. The third-order valence-corrected chi connectivity index (χ3v) is 6.62. The van der Waals surface area contributed by atoms with Gasteiger partial charge in [0.2, 0.25) is 11.9 Å². The number of likely N-dealkylation sites (tertiary alicyclic amines) is 1. The molecule has 1 fully saturated rings. The fourth-order valence-corrected chi connectivity index (χ4v) is 4.73. The molecular formula is C24H29FN6O3S. The summed E-state index contributed by atoms with van der Waals surface area (Å²) in [5.74, 6) is -1.02. The average Bonchev–Trinajstić information content (AvgIpc) is 3.42. The molecule has 3 aromatic rings. The van der Waals surface area contributed by atoms with E-state index < -0.39 is 11.4 Å². The second kappa shape index (κ2) is 9.82. The van der Waals surface area contributed by atoms with E-state index in [2.05, 4.69) is 25.7 Å². The highest BCUT2D eigenvalue weighted by Gasteiger charge is 2.34. The number of fused-ring (bicyclic) bond motifs is 1. The number of nitrogens with one attached hydrogen (secondary N) is 2. The summed E-state index contributed by atoms with van der Waals surface area (Å²) in [5, 5.41) is 3.15. The molecular weight excluding hydrogens is 471 g/mol. The molecule has 4 rings (SSSR count). The van der Waals surface area contributed by atoms with Crippen LogP contribution in [0.15, 0.2) is 24.5 Å². The van der Waals surface area contributed by atoms with Gasteiger partial charge in [-0.1, -0.05) is 0 Å². The number of carbonyl (C=O) groups excluding carboxylic acids is 2. The van der Waals surface area contributed by atoms with Gasteiger partial charge in [-0.05, 0) is 58.7 Å². The molecule has 1 aliphatic rings. The van der Waals surface area contributed by atoms with Crippen molar-refractivity contribution in [2.24, 2.45) is 5.92 Å². The Balaban J connectivity index is 1.54. The number of anilines is 1. The van der Waals surface area contributed by atoms with Gasteiger partial charge in [0.1, 0.15) is 5.82 Å². The van der Waals surface area contributed by atoms with E-state index in [1.807, 2.05) is 40.7 Å². The molecule has 0 radical (unpaired) electrons. The smallest absolute Gasteiger partial charge is 0.274 e. The Morgan fingerprint density at radius 2 is 2.03 bits per heavy atom. The Bertz CT molecular complexity index is 1260. The van der Waals surface area contributed by atoms with Gasteiger partial charge in [-0.15, -0.1) is 11.3 Å². The monoisotopic (exact) mass is 500 g/mol. The van der Waals surface area contributed by atoms with Crippen molar-refractivity contribution >= 4 is 39.3 Å². The highest BCUT2D eigenvalue weighted by molar-refractivity contribution is 7.19. The van der Waals surface area contributed by atoms with E-state index in [1.165, 1.54) is 17.4 Å². The zero-order valence-electron chi connectivity index (χ0n) is 20.4. The second-order valence-electron chi connectivity index (χ2n) is 9.69. The molecule has 11 heteroatoms. The number of halogens is 1. The third-order valence-electron chi connectivity index (χ3n) is 5.57. The van der Waals surface area contributed by atoms with E-state index in [0.29, 0.717) is 28.7 Å². The van der Waals surface area contributed by atoms with Gasteiger partial charge in [0, 0.05) is 24.2 Å². The third kappa shape index (κ3) is 5.91. The lowest BCUT2D eigenvalue weighted by molar-refractivity contribution is -0.149. The van der Waals surface area contributed by atoms with Gasteiger partial charge in [0.15, 0.2) is 5.69 Å². The maximum absolute atomic E-state index is 13.6. The standard InChI is InChI=1S/C24H29FN6O3S/c1-13-8-18-20(35-13)19(29-23(28-18)27-14(2)16-9-17(25)11-26-10-16)22(33)31-7-6-15(12-31)21(32)30-34-24(3,4)5/h8-11,14-15H,6-7,12H2,1-5H3,(H,30,32)(H,27,28,29)/t14-,15?/m0/s1. The Kier molecular flexibility index (Phi) is 7.00. The first-order valence-electron chi connectivity index (χ1n) is 11.4. The van der Waals surface area contributed by atoms with Crippen molar-refractivity contribution in [3.05, 3.63) is 46.5 Å². The van der Waals surface area contributed by atoms with Crippen molar-refractivity contribution in [3.8, 4) is 0 Å². The highest BCUT2D eigenvalue weighted by Crippen LogP contribution is 2.30. The number of thiophene rings is 1. The van der Waals surface area contributed by atoms with Gasteiger partial charge in [0.25, 0.3) is 5.91 Å². The van der Waals surface area contributed by atoms with Crippen LogP contribution in [0.25, 0.3) is 10.2 Å². The molecule has 2 N–H and O–H groups in total. The van der Waals surface area contributed by atoms with Crippen molar-refractivity contribution in [1.29, 1.82) is 0 Å². The summed E-state index contributed by atoms with van der Waals surface area (Å²) in [5.41, 5.74) is 3.58. The Hall–Kier alpha value is -3.18. The van der Waals surface area contributed by atoms with Crippen LogP contribution >= 0.6 is 11.3 Å². The quantitative estimate of drug-likeness (QED) is 0.492. The molecule has 0 bridgehead atoms. The van der Waals surface area contributed by atoms with Crippen molar-refractivity contribution in [2.75, 3.05) is 18.4 Å². The summed E-state index contributed by atoms with van der Waals surface area (Å²) < 4.78 is 14.3. The van der Waals surface area contributed by atoms with Crippen molar-refractivity contribution in [1.82, 2.24) is 25.3 Å². The Morgan fingerprint density at radius 1 is 1.26 bits per heavy atom. The number of aryl methyl sites for hydroxylation is 1. The Morgan fingerprint density at radius 3 is 2.74 bits per heavy atom. The van der Waals surface area contributed by atoms with E-state index >= 15 is 0 Å². The number of carbonyl (C=O) groups is 2. The fourth-order valence-electron chi connectivity index (χ4n) is 3.80. The lowest BCUT2D eigenvalue weighted by Crippen LogP contribution is -2.39. The first kappa shape index (κ1) is 24.9. The van der Waals surface area contributed by atoms with Crippen LogP contribution in [-0.2, 0) is 9.63 Å². The predicted octanol–water partition coefficient (Wildman–Crippen LogP) is 4.02. The van der Waals surface area contributed by atoms with Crippen LogP contribution in [-0.4, -0.2) is 50.4 Å². The maximum Gasteiger partial charge on any atom is 0.274 e. The Labute approximate surface area is 207 Å². The van der Waals surface area contributed by atoms with Crippen LogP contribution < -0.4 is 10.8 Å². The summed E-state index contributed by atoms with van der Waals surface area (Å²) >= 11 is 1.45. The molecule has 1 saturated heterocycles. The number of amides is 2. The van der Waals surface area contributed by atoms with Crippen molar-refractivity contribution < 1.29 is 18.8 Å². The van der Waals surface area contributed by atoms with Gasteiger partial charge in [-0.25, -0.2) is 19.8 Å². The fraction of sp³-hybridized carbons (Fsp3) is 0.458. The predicted molar refractivity (Wildman–Crippen MR) is 131 cm³/mol. The van der Waals surface area contributed by atoms with Gasteiger partial charge >= 0.3 is 0 Å². The van der Waals surface area contributed by atoms with Crippen LogP contribution in [0.5, 0.6) is 0 Å². The number of hydrogen-bond acceptors (Lipinski definition) is 8. The molecule has 2 amide bonds. The zero-order chi connectivity index (χ0) is 25.3. The molecule has 3 aromatic heterocycles. The summed E-state index contributed by atoms with van der Waals surface area (Å²) in [6.07, 6.45) is 3.25. The maximum atomic E-state index is 13.6. The van der Waals surface area contributed by atoms with Gasteiger partial charge in [0.05, 0.1) is 34.0 Å². The van der Waals surface area contributed by atoms with Crippen LogP contribution in [0.4, 0.5) is 10.3 Å². The average molecular weight is 501 g/mol. The first-order valence-corrected chi connectivity index (χ1v) is 12.2. The number of aromatic nitrogens is 3. The number of rotatable bonds is 6. The molecule has 0 saturated carbocycles. The van der Waals surface area contributed by atoms with E-state index in [4.69, 9.17) is 4.84 Å². The number of nitrogens with zero attached hydrogens (tertiary/aromatic N) is 4. The van der Waals surface area contributed by atoms with Gasteiger partial charge in [-0.3, -0.25) is 19.4 Å². The van der Waals surface area contributed by atoms with Crippen LogP contribution in [0, 0.1) is 18.7 Å². The number of pyridine rings is 1. The van der Waals surface area contributed by atoms with Crippen LogP contribution in [0.3, 0.4) is 0 Å². The molecule has 0 spiro atoms. The molecule has 1 aliphatic heterocycles. The number of hydrogen-bond donors (Lipinski definition) is 2. The van der Waals surface area contributed by atoms with E-state index in [9.17, 15) is 14.0 Å². The molecule has 35 heavy (non-hydrogen) atoms. The van der Waals surface area contributed by atoms with Crippen molar-refractivity contribution in [2.45, 2.75) is 52.7 Å². The molecule has 0 aliphatic carbocycles. The first-order chi connectivity index (χ1) is 16.5. The minimum Gasteiger partial charge on any atom is -0.348 e. The van der Waals surface area contributed by atoms with E-state index in [1.54, 1.807) is 11.1 Å². The van der Waals surface area contributed by atoms with E-state index in [0.717, 1.165) is 11.1 Å². The van der Waals surface area contributed by atoms with Crippen molar-refractivity contribution in [3.63, 3.8) is 0 Å². The van der Waals surface area contributed by atoms with Gasteiger partial charge in [-0.2, -0.15) is 0 Å². The van der Waals surface area contributed by atoms with Crippen LogP contribution in [0.1, 0.15) is 61.1 Å². The SMILES string of the molecule is Cc1cc2nc(N[C@@H](C)c3cncc(F)c3)nc(C(=O)N3CCC(C(=O)NOC(C)(C)C)C3)c2s1. The second-order valence-corrected chi connectivity index (χ2v) is 10.9. The number of hydroxylamine groups is 1. The molecule has 186 valence electrons. The minimum atomic E-state index is -0.504. The zero-order valence-corrected chi connectivity index (χ0v) is 21.2. The molecule has 4 heterocycles. The van der Waals surface area contributed by atoms with Crippen LogP contribution in [0.2, 0.25) is 0 Å². The summed E-state index contributed by atoms with van der Waals surface area (Å²) in [4.78, 5) is 47.0. The topological polar surface area (TPSA) is 109 Å². The normalized spacial score (nSPS) is 17.0. The molecule has 2 atom stereocenters. The highest BCUT2D eigenvalue weighted by atomic mass is 32.1. The minimum absolute atomic E-state index is 0.241. The summed E-state index contributed by atoms with van der Waals surface area (Å²) in [6.45, 7) is 10.0. The molecule has 1 unspecified atom stereocenters. The lowest BCUT2D eigenvalue weighted by Gasteiger charge is -2.21.